The second-order valence-corrected chi connectivity index (χ2v) is 7.61. The molecule has 0 aromatic heterocycles. The first-order valence-electron chi connectivity index (χ1n) is 10.8. The third kappa shape index (κ3) is 9.69. The average Bonchev–Trinajstić information content (AvgIpc) is 2.65. The summed E-state index contributed by atoms with van der Waals surface area (Å²) >= 11 is 0. The van der Waals surface area contributed by atoms with Crippen LogP contribution in [-0.4, -0.2) is 21.3 Å². The molecule has 0 spiro atoms. The number of phenols is 2. The highest BCUT2D eigenvalue weighted by atomic mass is 16.4. The van der Waals surface area contributed by atoms with Gasteiger partial charge in [-0.3, -0.25) is 0 Å². The van der Waals surface area contributed by atoms with E-state index in [0.29, 0.717) is 12.0 Å². The van der Waals surface area contributed by atoms with Gasteiger partial charge in [-0.1, -0.05) is 90.4 Å². The number of aromatic carboxylic acids is 1. The first-order valence-corrected chi connectivity index (χ1v) is 10.8. The lowest BCUT2D eigenvalue weighted by atomic mass is 9.98. The van der Waals surface area contributed by atoms with E-state index in [-0.39, 0.29) is 17.1 Å². The fourth-order valence-electron chi connectivity index (χ4n) is 3.57. The van der Waals surface area contributed by atoms with Gasteiger partial charge in [-0.15, -0.1) is 0 Å². The van der Waals surface area contributed by atoms with Crippen LogP contribution in [0.25, 0.3) is 0 Å². The Morgan fingerprint density at radius 1 is 0.741 bits per heavy atom. The molecule has 0 aliphatic carbocycles. The van der Waals surface area contributed by atoms with E-state index in [2.05, 4.69) is 6.92 Å². The van der Waals surface area contributed by atoms with Gasteiger partial charge in [0.05, 0.1) is 5.56 Å². The SMILES string of the molecule is CCCCCCCCCCCCCCCCc1c(C(=O)O)ccc(O)c1O. The van der Waals surface area contributed by atoms with Crippen molar-refractivity contribution in [2.45, 2.75) is 103 Å². The molecule has 0 fully saturated rings. The lowest BCUT2D eigenvalue weighted by Gasteiger charge is -2.10. The van der Waals surface area contributed by atoms with E-state index in [1.807, 2.05) is 0 Å². The summed E-state index contributed by atoms with van der Waals surface area (Å²) in [6.07, 6.45) is 18.2. The molecule has 0 aliphatic rings. The average molecular weight is 379 g/mol. The number of hydrogen-bond donors (Lipinski definition) is 3. The van der Waals surface area contributed by atoms with Gasteiger partial charge in [0.25, 0.3) is 0 Å². The van der Waals surface area contributed by atoms with Crippen molar-refractivity contribution >= 4 is 5.97 Å². The Morgan fingerprint density at radius 3 is 1.63 bits per heavy atom. The third-order valence-corrected chi connectivity index (χ3v) is 5.27. The maximum absolute atomic E-state index is 11.2. The summed E-state index contributed by atoms with van der Waals surface area (Å²) in [5.74, 6) is -1.60. The summed E-state index contributed by atoms with van der Waals surface area (Å²) in [4.78, 5) is 11.2. The van der Waals surface area contributed by atoms with Gasteiger partial charge in [0.15, 0.2) is 11.5 Å². The van der Waals surface area contributed by atoms with Crippen molar-refractivity contribution in [2.24, 2.45) is 0 Å². The lowest BCUT2D eigenvalue weighted by molar-refractivity contribution is 0.0695. The van der Waals surface area contributed by atoms with Gasteiger partial charge >= 0.3 is 5.97 Å². The van der Waals surface area contributed by atoms with E-state index < -0.39 is 5.97 Å². The highest BCUT2D eigenvalue weighted by Gasteiger charge is 2.16. The number of carboxylic acid groups (broad SMARTS) is 1. The first-order chi connectivity index (χ1) is 13.1. The molecule has 1 aromatic carbocycles. The molecule has 0 heterocycles. The van der Waals surface area contributed by atoms with Crippen molar-refractivity contribution < 1.29 is 20.1 Å². The fraction of sp³-hybridized carbons (Fsp3) is 0.696. The van der Waals surface area contributed by atoms with E-state index in [9.17, 15) is 20.1 Å². The molecule has 0 radical (unpaired) electrons. The molecule has 0 saturated heterocycles. The number of hydrogen-bond acceptors (Lipinski definition) is 3. The summed E-state index contributed by atoms with van der Waals surface area (Å²) in [6, 6.07) is 2.59. The van der Waals surface area contributed by atoms with E-state index in [4.69, 9.17) is 0 Å². The molecule has 0 atom stereocenters. The van der Waals surface area contributed by atoms with E-state index in [1.165, 1.54) is 82.8 Å². The number of phenolic OH excluding ortho intramolecular Hbond substituents is 2. The largest absolute Gasteiger partial charge is 0.504 e. The number of rotatable bonds is 16. The molecule has 4 heteroatoms. The van der Waals surface area contributed by atoms with Gasteiger partial charge in [0.1, 0.15) is 0 Å². The number of carboxylic acids is 1. The molecule has 27 heavy (non-hydrogen) atoms. The van der Waals surface area contributed by atoms with Crippen molar-refractivity contribution in [3.05, 3.63) is 23.3 Å². The van der Waals surface area contributed by atoms with Crippen LogP contribution in [0.2, 0.25) is 0 Å². The quantitative estimate of drug-likeness (QED) is 0.218. The van der Waals surface area contributed by atoms with Crippen molar-refractivity contribution in [3.8, 4) is 11.5 Å². The van der Waals surface area contributed by atoms with Crippen LogP contribution < -0.4 is 0 Å². The van der Waals surface area contributed by atoms with Crippen LogP contribution in [0.15, 0.2) is 12.1 Å². The minimum atomic E-state index is -1.06. The highest BCUT2D eigenvalue weighted by molar-refractivity contribution is 5.90. The normalized spacial score (nSPS) is 11.0. The van der Waals surface area contributed by atoms with Crippen LogP contribution in [0.4, 0.5) is 0 Å². The van der Waals surface area contributed by atoms with Crippen molar-refractivity contribution in [1.82, 2.24) is 0 Å². The molecular weight excluding hydrogens is 340 g/mol. The van der Waals surface area contributed by atoms with Crippen molar-refractivity contribution in [1.29, 1.82) is 0 Å². The van der Waals surface area contributed by atoms with Crippen LogP contribution in [-0.2, 0) is 6.42 Å². The summed E-state index contributed by atoms with van der Waals surface area (Å²) in [7, 11) is 0. The Morgan fingerprint density at radius 2 is 1.19 bits per heavy atom. The van der Waals surface area contributed by atoms with E-state index in [1.54, 1.807) is 0 Å². The zero-order chi connectivity index (χ0) is 19.9. The summed E-state index contributed by atoms with van der Waals surface area (Å²) < 4.78 is 0. The smallest absolute Gasteiger partial charge is 0.336 e. The Bertz CT molecular complexity index is 539. The predicted octanol–water partition coefficient (Wildman–Crippen LogP) is 6.82. The maximum Gasteiger partial charge on any atom is 0.336 e. The zero-order valence-corrected chi connectivity index (χ0v) is 17.0. The Kier molecular flexibility index (Phi) is 12.4. The molecule has 1 rings (SSSR count). The maximum atomic E-state index is 11.2. The van der Waals surface area contributed by atoms with E-state index >= 15 is 0 Å². The van der Waals surface area contributed by atoms with Crippen LogP contribution >= 0.6 is 0 Å². The van der Waals surface area contributed by atoms with Crippen LogP contribution in [0, 0.1) is 0 Å². The summed E-state index contributed by atoms with van der Waals surface area (Å²) in [6.45, 7) is 2.25. The monoisotopic (exact) mass is 378 g/mol. The Labute approximate surface area is 164 Å². The summed E-state index contributed by atoms with van der Waals surface area (Å²) in [5.41, 5.74) is 0.432. The lowest BCUT2D eigenvalue weighted by Crippen LogP contribution is -2.03. The minimum absolute atomic E-state index is 0.0833. The minimum Gasteiger partial charge on any atom is -0.504 e. The topological polar surface area (TPSA) is 77.8 Å². The second kappa shape index (κ2) is 14.4. The Hall–Kier alpha value is -1.71. The molecule has 0 bridgehead atoms. The van der Waals surface area contributed by atoms with Gasteiger partial charge < -0.3 is 15.3 Å². The molecule has 3 N–H and O–H groups in total. The molecule has 0 aliphatic heterocycles. The van der Waals surface area contributed by atoms with Gasteiger partial charge in [-0.25, -0.2) is 4.79 Å². The number of aromatic hydroxyl groups is 2. The van der Waals surface area contributed by atoms with Gasteiger partial charge in [0.2, 0.25) is 0 Å². The Balaban J connectivity index is 2.05. The zero-order valence-electron chi connectivity index (χ0n) is 17.0. The van der Waals surface area contributed by atoms with Gasteiger partial charge in [-0.05, 0) is 25.0 Å². The summed E-state index contributed by atoms with van der Waals surface area (Å²) in [5, 5.41) is 28.7. The standard InChI is InChI=1S/C23H38O4/c1-2-3-4-5-6-7-8-9-10-11-12-13-14-15-16-19-20(23(26)27)17-18-21(24)22(19)25/h17-18,24-25H,2-16H2,1H3,(H,26,27). The number of benzene rings is 1. The molecule has 0 amide bonds. The fourth-order valence-corrected chi connectivity index (χ4v) is 3.57. The predicted molar refractivity (Wildman–Crippen MR) is 111 cm³/mol. The van der Waals surface area contributed by atoms with Crippen LogP contribution in [0.3, 0.4) is 0 Å². The molecule has 1 aromatic rings. The molecular formula is C23H38O4. The molecule has 4 nitrogen and oxygen atoms in total. The second-order valence-electron chi connectivity index (χ2n) is 7.61. The van der Waals surface area contributed by atoms with Crippen LogP contribution in [0.1, 0.15) is 113 Å². The molecule has 0 unspecified atom stereocenters. The molecule has 0 saturated carbocycles. The van der Waals surface area contributed by atoms with Crippen molar-refractivity contribution in [3.63, 3.8) is 0 Å². The third-order valence-electron chi connectivity index (χ3n) is 5.27. The number of unbranched alkanes of at least 4 members (excludes halogenated alkanes) is 13. The van der Waals surface area contributed by atoms with Crippen LogP contribution in [0.5, 0.6) is 11.5 Å². The highest BCUT2D eigenvalue weighted by Crippen LogP contribution is 2.32. The van der Waals surface area contributed by atoms with E-state index in [0.717, 1.165) is 19.3 Å². The number of carbonyl (C=O) groups is 1. The van der Waals surface area contributed by atoms with Gasteiger partial charge in [-0.2, -0.15) is 0 Å². The van der Waals surface area contributed by atoms with Crippen molar-refractivity contribution in [2.75, 3.05) is 0 Å². The first kappa shape index (κ1) is 23.3. The molecule has 154 valence electrons. The van der Waals surface area contributed by atoms with Gasteiger partial charge in [0, 0.05) is 5.56 Å².